The maximum Gasteiger partial charge on any atom is 0.490 e. The summed E-state index contributed by atoms with van der Waals surface area (Å²) in [5.74, 6) is -3.22. The molecule has 2 heterocycles. The number of nitrogens with zero attached hydrogens (tertiary/aromatic N) is 3. The summed E-state index contributed by atoms with van der Waals surface area (Å²) < 4.78 is 75.8. The van der Waals surface area contributed by atoms with Gasteiger partial charge in [-0.1, -0.05) is 0 Å². The summed E-state index contributed by atoms with van der Waals surface area (Å²) in [5, 5.41) is 15.0. The van der Waals surface area contributed by atoms with Gasteiger partial charge in [0.25, 0.3) is 0 Å². The minimum atomic E-state index is -4.85. The Morgan fingerprint density at radius 2 is 1.70 bits per heavy atom. The number of nitrogen functional groups attached to an aromatic ring is 1. The first-order valence-electron chi connectivity index (χ1n) is 7.82. The van der Waals surface area contributed by atoms with E-state index in [1.165, 1.54) is 12.1 Å². The van der Waals surface area contributed by atoms with Crippen LogP contribution in [0.15, 0.2) is 30.6 Å². The summed E-state index contributed by atoms with van der Waals surface area (Å²) in [6.45, 7) is 0.257. The van der Waals surface area contributed by atoms with Crippen molar-refractivity contribution in [1.82, 2.24) is 10.2 Å². The molecule has 3 N–H and O–H groups in total. The van der Waals surface area contributed by atoms with Gasteiger partial charge in [0.15, 0.2) is 30.5 Å². The Balaban J connectivity index is 0.000000479. The van der Waals surface area contributed by atoms with Crippen molar-refractivity contribution in [3.63, 3.8) is 0 Å². The third kappa shape index (κ3) is 7.52. The zero-order chi connectivity index (χ0) is 23.1. The standard InChI is InChI=1S/C13H11F3N4O2.C3H3F3O2/c14-13(15,16)10-7-9(12(17)19-18-10)8-1-4-20(5-2-8)6-3-11(21)22;1-8-2(7)3(4,5)6/h1-2,4-5,7,17H,3,6H2,(H,21,22);1H3/p+1. The largest absolute Gasteiger partial charge is 0.490 e. The Morgan fingerprint density at radius 1 is 1.13 bits per heavy atom. The Labute approximate surface area is 164 Å². The van der Waals surface area contributed by atoms with E-state index in [0.717, 1.165) is 6.07 Å². The summed E-state index contributed by atoms with van der Waals surface area (Å²) in [5.41, 5.74) is 5.00. The van der Waals surface area contributed by atoms with Crippen LogP contribution < -0.4 is 10.3 Å². The first-order valence-corrected chi connectivity index (χ1v) is 7.82. The number of alkyl halides is 6. The van der Waals surface area contributed by atoms with E-state index in [2.05, 4.69) is 14.9 Å². The highest BCUT2D eigenvalue weighted by molar-refractivity contribution is 5.75. The molecule has 2 aromatic heterocycles. The van der Waals surface area contributed by atoms with E-state index in [0.29, 0.717) is 12.7 Å². The molecule has 0 aliphatic heterocycles. The molecule has 0 aliphatic rings. The molecule has 0 fully saturated rings. The van der Waals surface area contributed by atoms with Crippen LogP contribution in [-0.2, 0) is 27.0 Å². The van der Waals surface area contributed by atoms with Crippen molar-refractivity contribution in [3.05, 3.63) is 36.3 Å². The molecule has 0 atom stereocenters. The van der Waals surface area contributed by atoms with Gasteiger partial charge in [0.05, 0.1) is 7.11 Å². The Morgan fingerprint density at radius 3 is 2.10 bits per heavy atom. The van der Waals surface area contributed by atoms with E-state index < -0.39 is 30.0 Å². The number of aliphatic carboxylic acids is 1. The number of methoxy groups -OCH3 is 1. The van der Waals surface area contributed by atoms with E-state index in [4.69, 9.17) is 10.8 Å². The van der Waals surface area contributed by atoms with Crippen molar-refractivity contribution < 1.29 is 50.3 Å². The summed E-state index contributed by atoms with van der Waals surface area (Å²) >= 11 is 0. The van der Waals surface area contributed by atoms with E-state index in [9.17, 15) is 35.9 Å². The highest BCUT2D eigenvalue weighted by atomic mass is 19.4. The lowest BCUT2D eigenvalue weighted by molar-refractivity contribution is -0.695. The highest BCUT2D eigenvalue weighted by Crippen LogP contribution is 2.31. The number of pyridine rings is 1. The topological polar surface area (TPSA) is 119 Å². The van der Waals surface area contributed by atoms with E-state index in [1.807, 2.05) is 0 Å². The number of rotatable bonds is 4. The molecule has 8 nitrogen and oxygen atoms in total. The molecule has 0 spiro atoms. The minimum absolute atomic E-state index is 0.0544. The number of hydrogen-bond donors (Lipinski definition) is 2. The van der Waals surface area contributed by atoms with Gasteiger partial charge >= 0.3 is 24.3 Å². The quantitative estimate of drug-likeness (QED) is 0.424. The Bertz CT molecular complexity index is 885. The molecule has 0 saturated carbocycles. The molecule has 14 heteroatoms. The van der Waals surface area contributed by atoms with Gasteiger partial charge in [-0.3, -0.25) is 4.79 Å². The molecule has 0 aromatic carbocycles. The number of esters is 1. The number of carbonyl (C=O) groups excluding carboxylic acids is 1. The van der Waals surface area contributed by atoms with Gasteiger partial charge in [-0.05, 0) is 11.6 Å². The van der Waals surface area contributed by atoms with Crippen LogP contribution in [0.5, 0.6) is 0 Å². The number of aryl methyl sites for hydroxylation is 1. The van der Waals surface area contributed by atoms with Crippen LogP contribution in [0.3, 0.4) is 0 Å². The van der Waals surface area contributed by atoms with Crippen LogP contribution in [0.2, 0.25) is 0 Å². The maximum atomic E-state index is 12.7. The second-order valence-corrected chi connectivity index (χ2v) is 5.48. The number of carbonyl (C=O) groups is 2. The molecule has 30 heavy (non-hydrogen) atoms. The minimum Gasteiger partial charge on any atom is -0.481 e. The van der Waals surface area contributed by atoms with E-state index in [1.54, 1.807) is 17.0 Å². The molecular weight excluding hydrogens is 426 g/mol. The molecule has 164 valence electrons. The highest BCUT2D eigenvalue weighted by Gasteiger charge is 2.40. The summed E-state index contributed by atoms with van der Waals surface area (Å²) in [6, 6.07) is 3.91. The van der Waals surface area contributed by atoms with Gasteiger partial charge in [0.1, 0.15) is 6.42 Å². The van der Waals surface area contributed by atoms with Crippen molar-refractivity contribution >= 4 is 17.8 Å². The van der Waals surface area contributed by atoms with Gasteiger partial charge < -0.3 is 15.6 Å². The Kier molecular flexibility index (Phi) is 8.07. The molecule has 0 saturated heterocycles. The van der Waals surface area contributed by atoms with Crippen LogP contribution in [0, 0.1) is 0 Å². The molecule has 0 unspecified atom stereocenters. The summed E-state index contributed by atoms with van der Waals surface area (Å²) in [7, 11) is 0.676. The maximum absolute atomic E-state index is 12.7. The average molecular weight is 441 g/mol. The van der Waals surface area contributed by atoms with Crippen LogP contribution in [0.25, 0.3) is 11.1 Å². The fourth-order valence-electron chi connectivity index (χ4n) is 1.90. The molecular formula is C16H15F6N4O4+. The average Bonchev–Trinajstić information content (AvgIpc) is 2.65. The van der Waals surface area contributed by atoms with Crippen molar-refractivity contribution in [2.24, 2.45) is 0 Å². The number of halogens is 6. The van der Waals surface area contributed by atoms with Gasteiger partial charge in [0.2, 0.25) is 0 Å². The van der Waals surface area contributed by atoms with Gasteiger partial charge in [-0.2, -0.15) is 26.3 Å². The Hall–Kier alpha value is -3.45. The van der Waals surface area contributed by atoms with E-state index >= 15 is 0 Å². The fraction of sp³-hybridized carbons (Fsp3) is 0.312. The number of aromatic nitrogens is 3. The smallest absolute Gasteiger partial charge is 0.481 e. The lowest BCUT2D eigenvalue weighted by atomic mass is 10.1. The first-order chi connectivity index (χ1) is 13.8. The van der Waals surface area contributed by atoms with Crippen molar-refractivity contribution in [1.29, 1.82) is 0 Å². The van der Waals surface area contributed by atoms with Crippen molar-refractivity contribution in [2.45, 2.75) is 25.3 Å². The van der Waals surface area contributed by atoms with Crippen LogP contribution >= 0.6 is 0 Å². The van der Waals surface area contributed by atoms with Crippen LogP contribution in [0.4, 0.5) is 32.2 Å². The number of nitrogens with two attached hydrogens (primary N) is 1. The predicted molar refractivity (Wildman–Crippen MR) is 87.4 cm³/mol. The monoisotopic (exact) mass is 441 g/mol. The van der Waals surface area contributed by atoms with Gasteiger partial charge in [-0.15, -0.1) is 10.2 Å². The molecule has 2 aromatic rings. The zero-order valence-electron chi connectivity index (χ0n) is 15.2. The second-order valence-electron chi connectivity index (χ2n) is 5.48. The van der Waals surface area contributed by atoms with Crippen LogP contribution in [0.1, 0.15) is 12.1 Å². The molecule has 0 aliphatic carbocycles. The number of carboxylic acid groups (broad SMARTS) is 1. The third-order valence-corrected chi connectivity index (χ3v) is 3.32. The summed E-state index contributed by atoms with van der Waals surface area (Å²) in [6.07, 6.45) is -6.39. The number of anilines is 1. The molecule has 2 rings (SSSR count). The fourth-order valence-corrected chi connectivity index (χ4v) is 1.90. The lowest BCUT2D eigenvalue weighted by Gasteiger charge is -2.08. The normalized spacial score (nSPS) is 11.3. The number of hydrogen-bond acceptors (Lipinski definition) is 6. The zero-order valence-corrected chi connectivity index (χ0v) is 15.2. The molecule has 0 bridgehead atoms. The second kappa shape index (κ2) is 9.84. The first kappa shape index (κ1) is 24.6. The van der Waals surface area contributed by atoms with E-state index in [-0.39, 0.29) is 24.3 Å². The van der Waals surface area contributed by atoms with Crippen molar-refractivity contribution in [3.8, 4) is 11.1 Å². The third-order valence-electron chi connectivity index (χ3n) is 3.32. The molecule has 0 radical (unpaired) electrons. The number of carboxylic acids is 1. The molecule has 0 amide bonds. The van der Waals surface area contributed by atoms with Gasteiger partial charge in [0, 0.05) is 17.7 Å². The SMILES string of the molecule is COC(=O)C(F)(F)F.Nc1nnc(C(F)(F)F)cc1-c1cc[n+](CCC(=O)O)cc1. The number of ether oxygens (including phenoxy) is 1. The van der Waals surface area contributed by atoms with Crippen molar-refractivity contribution in [2.75, 3.05) is 12.8 Å². The van der Waals surface area contributed by atoms with Crippen LogP contribution in [-0.4, -0.2) is 40.5 Å². The van der Waals surface area contributed by atoms with Gasteiger partial charge in [-0.25, -0.2) is 9.36 Å². The lowest BCUT2D eigenvalue weighted by Crippen LogP contribution is -2.33. The predicted octanol–water partition coefficient (Wildman–Crippen LogP) is 2.23. The summed E-state index contributed by atoms with van der Waals surface area (Å²) in [4.78, 5) is 20.0.